The Labute approximate surface area is 170 Å². The summed E-state index contributed by atoms with van der Waals surface area (Å²) in [4.78, 5) is 18.3. The van der Waals surface area contributed by atoms with Crippen LogP contribution in [0, 0.1) is 17.5 Å². The van der Waals surface area contributed by atoms with E-state index in [1.807, 2.05) is 0 Å². The van der Waals surface area contributed by atoms with Crippen molar-refractivity contribution in [1.29, 1.82) is 0 Å². The van der Waals surface area contributed by atoms with Gasteiger partial charge in [-0.1, -0.05) is 5.16 Å². The second kappa shape index (κ2) is 8.56. The number of hydrogen-bond acceptors (Lipinski definition) is 5. The lowest BCUT2D eigenvalue weighted by atomic mass is 9.95. The van der Waals surface area contributed by atoms with Crippen LogP contribution in [0.3, 0.4) is 0 Å². The maximum atomic E-state index is 13.9. The second-order valence-corrected chi connectivity index (χ2v) is 6.98. The highest BCUT2D eigenvalue weighted by Crippen LogP contribution is 2.27. The number of rotatable bonds is 5. The molecule has 1 aliphatic heterocycles. The van der Waals surface area contributed by atoms with E-state index in [1.165, 1.54) is 29.2 Å². The predicted octanol–water partition coefficient (Wildman–Crippen LogP) is 4.09. The molecule has 9 heteroatoms. The summed E-state index contributed by atoms with van der Waals surface area (Å²) in [6.07, 6.45) is 1.14. The molecule has 1 amide bonds. The van der Waals surface area contributed by atoms with E-state index in [-0.39, 0.29) is 29.8 Å². The van der Waals surface area contributed by atoms with Crippen LogP contribution >= 0.6 is 0 Å². The molecular formula is C21H18F3N3O3. The number of aromatic nitrogens is 2. The molecule has 0 radical (unpaired) electrons. The number of nitrogens with zero attached hydrogens (tertiary/aromatic N) is 3. The van der Waals surface area contributed by atoms with Crippen LogP contribution in [0.1, 0.15) is 40.8 Å². The molecular weight excluding hydrogens is 399 g/mol. The molecule has 1 fully saturated rings. The van der Waals surface area contributed by atoms with E-state index < -0.39 is 17.5 Å². The quantitative estimate of drug-likeness (QED) is 0.626. The Morgan fingerprint density at radius 2 is 1.77 bits per heavy atom. The number of likely N-dealkylation sites (tertiary alicyclic amines) is 1. The van der Waals surface area contributed by atoms with Gasteiger partial charge in [0.25, 0.3) is 11.8 Å². The van der Waals surface area contributed by atoms with E-state index in [9.17, 15) is 18.0 Å². The molecule has 1 aliphatic rings. The summed E-state index contributed by atoms with van der Waals surface area (Å²) in [5, 5.41) is 3.98. The zero-order valence-electron chi connectivity index (χ0n) is 15.9. The van der Waals surface area contributed by atoms with Crippen molar-refractivity contribution < 1.29 is 27.2 Å². The molecule has 1 saturated heterocycles. The molecule has 0 bridgehead atoms. The fourth-order valence-corrected chi connectivity index (χ4v) is 3.34. The van der Waals surface area contributed by atoms with Gasteiger partial charge in [0.05, 0.1) is 5.56 Å². The minimum atomic E-state index is -0.743. The van der Waals surface area contributed by atoms with Crippen LogP contribution in [0.15, 0.2) is 47.0 Å². The minimum Gasteiger partial charge on any atom is -0.484 e. The van der Waals surface area contributed by atoms with Crippen LogP contribution in [-0.4, -0.2) is 34.0 Å². The molecule has 4 rings (SSSR count). The monoisotopic (exact) mass is 417 g/mol. The number of halogens is 3. The first-order chi connectivity index (χ1) is 14.5. The van der Waals surface area contributed by atoms with Crippen LogP contribution in [0.25, 0.3) is 0 Å². The topological polar surface area (TPSA) is 68.5 Å². The normalized spacial score (nSPS) is 14.7. The Morgan fingerprint density at radius 1 is 1.07 bits per heavy atom. The summed E-state index contributed by atoms with van der Waals surface area (Å²) in [7, 11) is 0. The van der Waals surface area contributed by atoms with Gasteiger partial charge in [0, 0.05) is 19.0 Å². The summed E-state index contributed by atoms with van der Waals surface area (Å²) >= 11 is 0. The van der Waals surface area contributed by atoms with Crippen molar-refractivity contribution in [2.45, 2.75) is 25.4 Å². The van der Waals surface area contributed by atoms with Crippen molar-refractivity contribution >= 4 is 5.91 Å². The first-order valence-corrected chi connectivity index (χ1v) is 9.45. The summed E-state index contributed by atoms with van der Waals surface area (Å²) in [6.45, 7) is 0.791. The summed E-state index contributed by atoms with van der Waals surface area (Å²) < 4.78 is 50.8. The molecule has 0 atom stereocenters. The van der Waals surface area contributed by atoms with Gasteiger partial charge in [-0.15, -0.1) is 0 Å². The van der Waals surface area contributed by atoms with Gasteiger partial charge in [-0.05, 0) is 55.3 Å². The zero-order valence-corrected chi connectivity index (χ0v) is 15.9. The van der Waals surface area contributed by atoms with Gasteiger partial charge in [0.1, 0.15) is 23.2 Å². The first-order valence-electron chi connectivity index (χ1n) is 9.45. The van der Waals surface area contributed by atoms with Crippen molar-refractivity contribution in [2.75, 3.05) is 13.1 Å². The molecule has 6 nitrogen and oxygen atoms in total. The first kappa shape index (κ1) is 19.9. The lowest BCUT2D eigenvalue weighted by Crippen LogP contribution is -2.38. The van der Waals surface area contributed by atoms with Gasteiger partial charge in [0.2, 0.25) is 0 Å². The number of ether oxygens (including phenoxy) is 1. The third kappa shape index (κ3) is 4.45. The van der Waals surface area contributed by atoms with E-state index in [0.29, 0.717) is 37.5 Å². The Balaban J connectivity index is 1.32. The number of carbonyl (C=O) groups excluding carboxylic acids is 1. The average Bonchev–Trinajstić information content (AvgIpc) is 3.24. The van der Waals surface area contributed by atoms with Gasteiger partial charge in [-0.3, -0.25) is 4.79 Å². The Morgan fingerprint density at radius 3 is 2.50 bits per heavy atom. The van der Waals surface area contributed by atoms with Gasteiger partial charge < -0.3 is 14.2 Å². The van der Waals surface area contributed by atoms with Crippen molar-refractivity contribution in [3.63, 3.8) is 0 Å². The van der Waals surface area contributed by atoms with Crippen LogP contribution < -0.4 is 4.74 Å². The highest BCUT2D eigenvalue weighted by atomic mass is 19.1. The molecule has 3 aromatic rings. The lowest BCUT2D eigenvalue weighted by Gasteiger charge is -2.30. The molecule has 0 spiro atoms. The smallest absolute Gasteiger partial charge is 0.264 e. The summed E-state index contributed by atoms with van der Waals surface area (Å²) in [5.41, 5.74) is -0.270. The van der Waals surface area contributed by atoms with Gasteiger partial charge in [0.15, 0.2) is 12.4 Å². The van der Waals surface area contributed by atoms with E-state index >= 15 is 0 Å². The third-order valence-corrected chi connectivity index (χ3v) is 4.97. The van der Waals surface area contributed by atoms with Crippen LogP contribution in [-0.2, 0) is 6.61 Å². The Hall–Kier alpha value is -3.36. The molecule has 1 aromatic heterocycles. The summed E-state index contributed by atoms with van der Waals surface area (Å²) in [5.74, 6) is -1.03. The Bertz CT molecular complexity index is 1030. The molecule has 0 N–H and O–H groups in total. The Kier molecular flexibility index (Phi) is 5.69. The molecule has 2 aromatic carbocycles. The third-order valence-electron chi connectivity index (χ3n) is 4.97. The van der Waals surface area contributed by atoms with E-state index in [1.54, 1.807) is 0 Å². The number of amides is 1. The van der Waals surface area contributed by atoms with E-state index in [0.717, 1.165) is 18.2 Å². The number of hydrogen-bond donors (Lipinski definition) is 0. The van der Waals surface area contributed by atoms with E-state index in [2.05, 4.69) is 10.1 Å². The second-order valence-electron chi connectivity index (χ2n) is 6.98. The van der Waals surface area contributed by atoms with Crippen molar-refractivity contribution in [3.05, 3.63) is 77.2 Å². The minimum absolute atomic E-state index is 0.0188. The predicted molar refractivity (Wildman–Crippen MR) is 99.3 cm³/mol. The maximum absolute atomic E-state index is 13.9. The highest BCUT2D eigenvalue weighted by Gasteiger charge is 2.28. The van der Waals surface area contributed by atoms with Crippen LogP contribution in [0.2, 0.25) is 0 Å². The van der Waals surface area contributed by atoms with Gasteiger partial charge in [-0.2, -0.15) is 4.98 Å². The standard InChI is InChI=1S/C21H18F3N3O3/c22-14-1-4-16(5-2-14)29-12-19-25-20(26-30-19)13-7-9-27(10-8-13)21(28)17-11-15(23)3-6-18(17)24/h1-6,11,13H,7-10,12H2. The van der Waals surface area contributed by atoms with Crippen molar-refractivity contribution in [1.82, 2.24) is 15.0 Å². The van der Waals surface area contributed by atoms with Gasteiger partial charge >= 0.3 is 0 Å². The molecule has 0 saturated carbocycles. The highest BCUT2D eigenvalue weighted by molar-refractivity contribution is 5.94. The fourth-order valence-electron chi connectivity index (χ4n) is 3.34. The van der Waals surface area contributed by atoms with Crippen LogP contribution in [0.5, 0.6) is 5.75 Å². The number of benzene rings is 2. The number of carbonyl (C=O) groups is 1. The molecule has 0 aliphatic carbocycles. The lowest BCUT2D eigenvalue weighted by molar-refractivity contribution is 0.0705. The molecule has 0 unspecified atom stereocenters. The van der Waals surface area contributed by atoms with Gasteiger partial charge in [-0.25, -0.2) is 13.2 Å². The van der Waals surface area contributed by atoms with Crippen LogP contribution in [0.4, 0.5) is 13.2 Å². The molecule has 30 heavy (non-hydrogen) atoms. The summed E-state index contributed by atoms with van der Waals surface area (Å²) in [6, 6.07) is 8.42. The average molecular weight is 417 g/mol. The van der Waals surface area contributed by atoms with E-state index in [4.69, 9.17) is 9.26 Å². The molecule has 2 heterocycles. The molecule has 156 valence electrons. The van der Waals surface area contributed by atoms with Crippen molar-refractivity contribution in [2.24, 2.45) is 0 Å². The SMILES string of the molecule is O=C(c1cc(F)ccc1F)N1CCC(c2noc(COc3ccc(F)cc3)n2)CC1. The fraction of sp³-hybridized carbons (Fsp3) is 0.286. The maximum Gasteiger partial charge on any atom is 0.264 e. The zero-order chi connectivity index (χ0) is 21.1. The van der Waals surface area contributed by atoms with Crippen molar-refractivity contribution in [3.8, 4) is 5.75 Å². The largest absolute Gasteiger partial charge is 0.484 e. The number of piperidine rings is 1.